The molecule has 1 fully saturated rings. The van der Waals surface area contributed by atoms with Crippen LogP contribution in [0.15, 0.2) is 59.5 Å². The van der Waals surface area contributed by atoms with Gasteiger partial charge in [-0.3, -0.25) is 9.69 Å². The fourth-order valence-electron chi connectivity index (χ4n) is 3.83. The molecule has 1 N–H and O–H groups in total. The van der Waals surface area contributed by atoms with Crippen LogP contribution in [-0.2, 0) is 14.8 Å². The van der Waals surface area contributed by atoms with E-state index in [1.54, 1.807) is 30.0 Å². The molecule has 10 heteroatoms. The predicted molar refractivity (Wildman–Crippen MR) is 119 cm³/mol. The van der Waals surface area contributed by atoms with E-state index in [0.717, 1.165) is 22.9 Å². The fraction of sp³-hybridized carbons (Fsp3) is 0.261. The third-order valence-corrected chi connectivity index (χ3v) is 7.75. The molecule has 0 unspecified atom stereocenters. The standard InChI is InChI=1S/C23H22F3N3O3S/c1-15(23(30)27-20-9-8-19(24)21(25)22(20)26)28-10-12-29(13-11-28)33(31,32)18-7-6-16-4-2-3-5-17(16)14-18/h2-9,14-15H,10-13H2,1H3,(H,27,30)/t15-/m0/s1. The molecular formula is C23H22F3N3O3S. The Labute approximate surface area is 189 Å². The van der Waals surface area contributed by atoms with Gasteiger partial charge in [-0.05, 0) is 42.0 Å². The molecule has 6 nitrogen and oxygen atoms in total. The van der Waals surface area contributed by atoms with Gasteiger partial charge in [-0.15, -0.1) is 0 Å². The molecule has 0 aromatic heterocycles. The van der Waals surface area contributed by atoms with Crippen LogP contribution in [0.25, 0.3) is 10.8 Å². The van der Waals surface area contributed by atoms with Crippen molar-refractivity contribution in [2.45, 2.75) is 17.9 Å². The van der Waals surface area contributed by atoms with Gasteiger partial charge in [-0.1, -0.05) is 30.3 Å². The molecule has 1 amide bonds. The van der Waals surface area contributed by atoms with Crippen molar-refractivity contribution >= 4 is 32.4 Å². The number of hydrogen-bond acceptors (Lipinski definition) is 4. The number of piperazine rings is 1. The third-order valence-electron chi connectivity index (χ3n) is 5.85. The van der Waals surface area contributed by atoms with Gasteiger partial charge in [0.2, 0.25) is 15.9 Å². The van der Waals surface area contributed by atoms with Crippen molar-refractivity contribution in [3.63, 3.8) is 0 Å². The van der Waals surface area contributed by atoms with Crippen LogP contribution in [0.2, 0.25) is 0 Å². The Morgan fingerprint density at radius 3 is 2.27 bits per heavy atom. The average molecular weight is 478 g/mol. The molecular weight excluding hydrogens is 455 g/mol. The van der Waals surface area contributed by atoms with Crippen molar-refractivity contribution in [2.24, 2.45) is 0 Å². The molecule has 0 aliphatic carbocycles. The minimum Gasteiger partial charge on any atom is -0.322 e. The van der Waals surface area contributed by atoms with E-state index >= 15 is 0 Å². The van der Waals surface area contributed by atoms with Gasteiger partial charge >= 0.3 is 0 Å². The van der Waals surface area contributed by atoms with E-state index in [2.05, 4.69) is 5.32 Å². The van der Waals surface area contributed by atoms with Crippen LogP contribution < -0.4 is 5.32 Å². The zero-order valence-corrected chi connectivity index (χ0v) is 18.6. The lowest BCUT2D eigenvalue weighted by molar-refractivity contribution is -0.121. The Morgan fingerprint density at radius 2 is 1.58 bits per heavy atom. The van der Waals surface area contributed by atoms with Gasteiger partial charge in [0, 0.05) is 26.2 Å². The Kier molecular flexibility index (Phi) is 6.42. The summed E-state index contributed by atoms with van der Waals surface area (Å²) in [7, 11) is -3.71. The normalized spacial score (nSPS) is 16.6. The van der Waals surface area contributed by atoms with E-state index in [0.29, 0.717) is 0 Å². The molecule has 0 bridgehead atoms. The molecule has 0 spiro atoms. The summed E-state index contributed by atoms with van der Waals surface area (Å²) in [5, 5.41) is 4.03. The first kappa shape index (κ1) is 23.2. The summed E-state index contributed by atoms with van der Waals surface area (Å²) in [6.45, 7) is 2.49. The number of sulfonamides is 1. The summed E-state index contributed by atoms with van der Waals surface area (Å²) in [4.78, 5) is 14.5. The largest absolute Gasteiger partial charge is 0.322 e. The highest BCUT2D eigenvalue weighted by atomic mass is 32.2. The first-order valence-corrected chi connectivity index (χ1v) is 11.8. The second kappa shape index (κ2) is 9.12. The van der Waals surface area contributed by atoms with Crippen LogP contribution in [0.3, 0.4) is 0 Å². The highest BCUT2D eigenvalue weighted by Crippen LogP contribution is 2.24. The van der Waals surface area contributed by atoms with Crippen LogP contribution in [-0.4, -0.2) is 55.8 Å². The van der Waals surface area contributed by atoms with Gasteiger partial charge in [-0.25, -0.2) is 21.6 Å². The third kappa shape index (κ3) is 4.59. The fourth-order valence-corrected chi connectivity index (χ4v) is 5.29. The SMILES string of the molecule is C[C@@H](C(=O)Nc1ccc(F)c(F)c1F)N1CCN(S(=O)(=O)c2ccc3ccccc3c2)CC1. The second-order valence-electron chi connectivity index (χ2n) is 7.84. The number of nitrogens with zero attached hydrogens (tertiary/aromatic N) is 2. The molecule has 1 atom stereocenters. The topological polar surface area (TPSA) is 69.7 Å². The number of rotatable bonds is 5. The van der Waals surface area contributed by atoms with Crippen molar-refractivity contribution in [3.05, 3.63) is 72.0 Å². The quantitative estimate of drug-likeness (QED) is 0.571. The number of amides is 1. The van der Waals surface area contributed by atoms with Crippen molar-refractivity contribution in [1.29, 1.82) is 0 Å². The summed E-state index contributed by atoms with van der Waals surface area (Å²) in [5.41, 5.74) is -0.455. The van der Waals surface area contributed by atoms with Crippen molar-refractivity contribution in [3.8, 4) is 0 Å². The molecule has 1 heterocycles. The number of carbonyl (C=O) groups excluding carboxylic acids is 1. The monoisotopic (exact) mass is 477 g/mol. The summed E-state index contributed by atoms with van der Waals surface area (Å²) >= 11 is 0. The minimum absolute atomic E-state index is 0.173. The summed E-state index contributed by atoms with van der Waals surface area (Å²) in [6, 6.07) is 13.4. The average Bonchev–Trinajstić information content (AvgIpc) is 2.83. The Morgan fingerprint density at radius 1 is 0.909 bits per heavy atom. The van der Waals surface area contributed by atoms with Gasteiger partial charge in [0.25, 0.3) is 0 Å². The van der Waals surface area contributed by atoms with Crippen LogP contribution in [0.5, 0.6) is 0 Å². The van der Waals surface area contributed by atoms with E-state index in [-0.39, 0.29) is 31.1 Å². The predicted octanol–water partition coefficient (Wildman–Crippen LogP) is 3.59. The van der Waals surface area contributed by atoms with Crippen LogP contribution in [0.1, 0.15) is 6.92 Å². The lowest BCUT2D eigenvalue weighted by Crippen LogP contribution is -2.53. The molecule has 33 heavy (non-hydrogen) atoms. The van der Waals surface area contributed by atoms with Crippen LogP contribution >= 0.6 is 0 Å². The lowest BCUT2D eigenvalue weighted by atomic mass is 10.1. The number of carbonyl (C=O) groups is 1. The molecule has 4 rings (SSSR count). The molecule has 1 aliphatic rings. The lowest BCUT2D eigenvalue weighted by Gasteiger charge is -2.36. The Bertz CT molecular complexity index is 1310. The van der Waals surface area contributed by atoms with Gasteiger partial charge in [0.15, 0.2) is 17.5 Å². The molecule has 174 valence electrons. The molecule has 3 aromatic rings. The maximum absolute atomic E-state index is 13.9. The molecule has 1 aliphatic heterocycles. The second-order valence-corrected chi connectivity index (χ2v) is 9.78. The van der Waals surface area contributed by atoms with Crippen molar-refractivity contribution in [2.75, 3.05) is 31.5 Å². The summed E-state index contributed by atoms with van der Waals surface area (Å²) in [6.07, 6.45) is 0. The van der Waals surface area contributed by atoms with E-state index < -0.39 is 45.1 Å². The molecule has 0 saturated carbocycles. The van der Waals surface area contributed by atoms with Crippen LogP contribution in [0, 0.1) is 17.5 Å². The molecule has 1 saturated heterocycles. The van der Waals surface area contributed by atoms with Crippen molar-refractivity contribution in [1.82, 2.24) is 9.21 Å². The number of fused-ring (bicyclic) bond motifs is 1. The Balaban J connectivity index is 1.41. The maximum Gasteiger partial charge on any atom is 0.243 e. The van der Waals surface area contributed by atoms with Crippen LogP contribution in [0.4, 0.5) is 18.9 Å². The zero-order chi connectivity index (χ0) is 23.8. The Hall–Kier alpha value is -2.95. The highest BCUT2D eigenvalue weighted by molar-refractivity contribution is 7.89. The van der Waals surface area contributed by atoms with Gasteiger partial charge in [0.1, 0.15) is 0 Å². The highest BCUT2D eigenvalue weighted by Gasteiger charge is 2.32. The summed E-state index contributed by atoms with van der Waals surface area (Å²) < 4.78 is 67.9. The zero-order valence-electron chi connectivity index (χ0n) is 17.8. The number of halogens is 3. The smallest absolute Gasteiger partial charge is 0.243 e. The number of hydrogen-bond donors (Lipinski definition) is 1. The number of nitrogens with one attached hydrogen (secondary N) is 1. The maximum atomic E-state index is 13.9. The number of anilines is 1. The van der Waals surface area contributed by atoms with Gasteiger partial charge in [-0.2, -0.15) is 4.31 Å². The van der Waals surface area contributed by atoms with E-state index in [4.69, 9.17) is 0 Å². The number of benzene rings is 3. The summed E-state index contributed by atoms with van der Waals surface area (Å²) in [5.74, 6) is -5.08. The molecule has 0 radical (unpaired) electrons. The van der Waals surface area contributed by atoms with Gasteiger partial charge in [0.05, 0.1) is 16.6 Å². The van der Waals surface area contributed by atoms with Gasteiger partial charge < -0.3 is 5.32 Å². The van der Waals surface area contributed by atoms with Crippen molar-refractivity contribution < 1.29 is 26.4 Å². The first-order chi connectivity index (χ1) is 15.7. The first-order valence-electron chi connectivity index (χ1n) is 10.4. The van der Waals surface area contributed by atoms with E-state index in [1.165, 1.54) is 4.31 Å². The van der Waals surface area contributed by atoms with E-state index in [1.807, 2.05) is 24.3 Å². The molecule has 3 aromatic carbocycles. The minimum atomic E-state index is -3.71. The van der Waals surface area contributed by atoms with E-state index in [9.17, 15) is 26.4 Å².